The smallest absolute Gasteiger partial charge is 0.264 e. The molecule has 1 aliphatic heterocycles. The number of aromatic nitrogens is 4. The van der Waals surface area contributed by atoms with Crippen LogP contribution in [0.3, 0.4) is 0 Å². The van der Waals surface area contributed by atoms with E-state index in [0.717, 1.165) is 0 Å². The highest BCUT2D eigenvalue weighted by atomic mass is 32.2. The molecule has 1 aliphatic rings. The van der Waals surface area contributed by atoms with E-state index in [-0.39, 0.29) is 40.8 Å². The predicted molar refractivity (Wildman–Crippen MR) is 122 cm³/mol. The lowest BCUT2D eigenvalue weighted by Crippen LogP contribution is -2.40. The molecule has 3 aromatic rings. The van der Waals surface area contributed by atoms with E-state index in [4.69, 9.17) is 4.74 Å². The molecular weight excluding hydrogens is 444 g/mol. The van der Waals surface area contributed by atoms with E-state index >= 15 is 0 Å². The summed E-state index contributed by atoms with van der Waals surface area (Å²) in [5.41, 5.74) is 1.40. The number of nitrogens with zero attached hydrogens (tertiary/aromatic N) is 4. The van der Waals surface area contributed by atoms with Gasteiger partial charge in [-0.1, -0.05) is 19.9 Å². The van der Waals surface area contributed by atoms with Gasteiger partial charge in [0.15, 0.2) is 0 Å². The number of carbonyl (C=O) groups is 1. The van der Waals surface area contributed by atoms with E-state index in [0.29, 0.717) is 30.3 Å². The third-order valence-electron chi connectivity index (χ3n) is 5.14. The van der Waals surface area contributed by atoms with Crippen LogP contribution in [0, 0.1) is 5.92 Å². The summed E-state index contributed by atoms with van der Waals surface area (Å²) in [5, 5.41) is 7.21. The predicted octanol–water partition coefficient (Wildman–Crippen LogP) is 2.70. The molecule has 11 heteroatoms. The summed E-state index contributed by atoms with van der Waals surface area (Å²) in [5.74, 6) is -0.00419. The highest BCUT2D eigenvalue weighted by molar-refractivity contribution is 7.92. The number of ether oxygens (including phenoxy) is 1. The molecule has 1 atom stereocenters. The van der Waals surface area contributed by atoms with Crippen LogP contribution in [0.15, 0.2) is 47.5 Å². The molecule has 3 heterocycles. The molecule has 174 valence electrons. The van der Waals surface area contributed by atoms with Crippen molar-refractivity contribution >= 4 is 21.9 Å². The molecule has 1 amide bonds. The molecule has 0 saturated heterocycles. The summed E-state index contributed by atoms with van der Waals surface area (Å²) >= 11 is 0. The highest BCUT2D eigenvalue weighted by Crippen LogP contribution is 2.25. The summed E-state index contributed by atoms with van der Waals surface area (Å²) in [7, 11) is -4.05. The Labute approximate surface area is 192 Å². The number of hydrogen-bond acceptors (Lipinski definition) is 7. The Morgan fingerprint density at radius 1 is 1.21 bits per heavy atom. The molecule has 2 aromatic heterocycles. The van der Waals surface area contributed by atoms with Crippen molar-refractivity contribution < 1.29 is 17.9 Å². The first-order chi connectivity index (χ1) is 15.7. The second kappa shape index (κ2) is 9.18. The van der Waals surface area contributed by atoms with Crippen molar-refractivity contribution in [3.05, 3.63) is 48.2 Å². The van der Waals surface area contributed by atoms with E-state index in [2.05, 4.69) is 39.0 Å². The molecule has 0 fully saturated rings. The molecule has 33 heavy (non-hydrogen) atoms. The molecule has 0 saturated carbocycles. The fraction of sp³-hybridized carbons (Fsp3) is 0.364. The van der Waals surface area contributed by atoms with Gasteiger partial charge in [0.25, 0.3) is 15.9 Å². The van der Waals surface area contributed by atoms with Crippen LogP contribution in [0.4, 0.5) is 5.95 Å². The van der Waals surface area contributed by atoms with Crippen molar-refractivity contribution in [2.75, 3.05) is 11.3 Å². The second-order valence-corrected chi connectivity index (χ2v) is 9.87. The van der Waals surface area contributed by atoms with E-state index in [1.165, 1.54) is 18.2 Å². The van der Waals surface area contributed by atoms with Gasteiger partial charge in [-0.25, -0.2) is 18.1 Å². The third kappa shape index (κ3) is 5.14. The number of amides is 1. The maximum atomic E-state index is 13.0. The fourth-order valence-corrected chi connectivity index (χ4v) is 4.64. The van der Waals surface area contributed by atoms with Gasteiger partial charge in [0.1, 0.15) is 6.61 Å². The molecule has 4 bridgehead atoms. The van der Waals surface area contributed by atoms with E-state index in [1.54, 1.807) is 29.1 Å². The Morgan fingerprint density at radius 2 is 2.03 bits per heavy atom. The van der Waals surface area contributed by atoms with Crippen LogP contribution in [0.5, 0.6) is 5.88 Å². The van der Waals surface area contributed by atoms with Crippen LogP contribution < -0.4 is 14.8 Å². The van der Waals surface area contributed by atoms with Gasteiger partial charge < -0.3 is 10.1 Å². The number of anilines is 1. The zero-order valence-corrected chi connectivity index (χ0v) is 19.5. The largest absolute Gasteiger partial charge is 0.475 e. The van der Waals surface area contributed by atoms with Crippen LogP contribution in [-0.2, 0) is 16.6 Å². The molecule has 2 N–H and O–H groups in total. The van der Waals surface area contributed by atoms with Crippen LogP contribution >= 0.6 is 0 Å². The average Bonchev–Trinajstić information content (AvgIpc) is 3.25. The Hall–Kier alpha value is -3.47. The second-order valence-electron chi connectivity index (χ2n) is 8.19. The highest BCUT2D eigenvalue weighted by Gasteiger charge is 2.23. The van der Waals surface area contributed by atoms with Gasteiger partial charge in [-0.15, -0.1) is 0 Å². The summed E-state index contributed by atoms with van der Waals surface area (Å²) in [4.78, 5) is 21.4. The fourth-order valence-electron chi connectivity index (χ4n) is 3.65. The number of nitrogens with one attached hydrogen (secondary N) is 2. The van der Waals surface area contributed by atoms with Crippen molar-refractivity contribution in [3.8, 4) is 17.3 Å². The summed E-state index contributed by atoms with van der Waals surface area (Å²) in [6, 6.07) is 8.97. The minimum atomic E-state index is -4.05. The Kier molecular flexibility index (Phi) is 6.32. The first-order valence-corrected chi connectivity index (χ1v) is 12.2. The van der Waals surface area contributed by atoms with Crippen LogP contribution in [0.1, 0.15) is 37.6 Å². The minimum Gasteiger partial charge on any atom is -0.475 e. The van der Waals surface area contributed by atoms with Gasteiger partial charge in [0.2, 0.25) is 11.8 Å². The quantitative estimate of drug-likeness (QED) is 0.600. The van der Waals surface area contributed by atoms with Gasteiger partial charge >= 0.3 is 0 Å². The summed E-state index contributed by atoms with van der Waals surface area (Å²) in [6.45, 7) is 6.83. The normalized spacial score (nSPS) is 17.7. The minimum absolute atomic E-state index is 0.0649. The zero-order valence-electron chi connectivity index (χ0n) is 18.6. The van der Waals surface area contributed by atoms with Crippen molar-refractivity contribution in [3.63, 3.8) is 0 Å². The van der Waals surface area contributed by atoms with Crippen molar-refractivity contribution in [2.45, 2.75) is 44.7 Å². The topological polar surface area (TPSA) is 128 Å². The van der Waals surface area contributed by atoms with E-state index < -0.39 is 10.0 Å². The van der Waals surface area contributed by atoms with Crippen molar-refractivity contribution in [1.82, 2.24) is 25.1 Å². The van der Waals surface area contributed by atoms with Crippen LogP contribution in [-0.4, -0.2) is 46.7 Å². The SMILES string of the molecule is CCn1nccc1-c1cc2nc(n1)NS(=O)(=O)c1cccc(c1)C(=O)N[C@H](CC(C)C)CO2. The number of fused-ring (bicyclic) bond motifs is 4. The van der Waals surface area contributed by atoms with E-state index in [9.17, 15) is 13.2 Å². The monoisotopic (exact) mass is 470 g/mol. The Bertz CT molecular complexity index is 1270. The molecule has 0 radical (unpaired) electrons. The van der Waals surface area contributed by atoms with Gasteiger partial charge in [-0.05, 0) is 43.5 Å². The molecule has 4 rings (SSSR count). The summed E-state index contributed by atoms with van der Waals surface area (Å²) < 4.78 is 36.1. The van der Waals surface area contributed by atoms with Crippen LogP contribution in [0.25, 0.3) is 11.4 Å². The number of carbonyl (C=O) groups excluding carboxylic acids is 1. The molecule has 10 nitrogen and oxygen atoms in total. The number of hydrogen-bond donors (Lipinski definition) is 2. The van der Waals surface area contributed by atoms with Crippen LogP contribution in [0.2, 0.25) is 0 Å². The Balaban J connectivity index is 1.82. The molecular formula is C22H26N6O4S. The molecule has 0 unspecified atom stereocenters. The van der Waals surface area contributed by atoms with Gasteiger partial charge in [-0.2, -0.15) is 10.1 Å². The number of benzene rings is 1. The third-order valence-corrected chi connectivity index (χ3v) is 6.46. The first kappa shape index (κ1) is 22.7. The Morgan fingerprint density at radius 3 is 2.79 bits per heavy atom. The van der Waals surface area contributed by atoms with E-state index in [1.807, 2.05) is 6.92 Å². The lowest BCUT2D eigenvalue weighted by Gasteiger charge is -2.21. The standard InChI is InChI=1S/C22H26N6O4S/c1-4-28-19(8-9-23-28)18-12-20-26-22(25-18)27-33(30,31)17-7-5-6-15(11-17)21(29)24-16(13-32-20)10-14(2)3/h5-9,11-12,14,16H,4,10,13H2,1-3H3,(H,24,29)(H,25,26,27)/t16-/m1/s1. The van der Waals surface area contributed by atoms with Crippen molar-refractivity contribution in [2.24, 2.45) is 5.92 Å². The van der Waals surface area contributed by atoms with Gasteiger partial charge in [0.05, 0.1) is 22.3 Å². The lowest BCUT2D eigenvalue weighted by molar-refractivity contribution is 0.0913. The van der Waals surface area contributed by atoms with Gasteiger partial charge in [-0.3, -0.25) is 9.48 Å². The number of sulfonamides is 1. The molecule has 1 aromatic carbocycles. The first-order valence-electron chi connectivity index (χ1n) is 10.7. The average molecular weight is 471 g/mol. The number of rotatable bonds is 4. The zero-order chi connectivity index (χ0) is 23.6. The van der Waals surface area contributed by atoms with Gasteiger partial charge in [0, 0.05) is 24.4 Å². The maximum absolute atomic E-state index is 13.0. The summed E-state index contributed by atoms with van der Waals surface area (Å²) in [6.07, 6.45) is 2.32. The lowest BCUT2D eigenvalue weighted by atomic mass is 10.0. The number of aryl methyl sites for hydroxylation is 1. The molecule has 0 spiro atoms. The molecule has 0 aliphatic carbocycles. The maximum Gasteiger partial charge on any atom is 0.264 e. The van der Waals surface area contributed by atoms with Crippen molar-refractivity contribution in [1.29, 1.82) is 0 Å².